The number of hydrogen-bond donors (Lipinski definition) is 0. The zero-order valence-corrected chi connectivity index (χ0v) is 20.3. The first-order chi connectivity index (χ1) is 14.3. The molecule has 10 heteroatoms. The molecule has 3 rings (SSSR count). The smallest absolute Gasteiger partial charge is 0.416 e. The fourth-order valence-electron chi connectivity index (χ4n) is 4.44. The predicted molar refractivity (Wildman–Crippen MR) is 126 cm³/mol. The number of likely N-dealkylation sites (tertiary alicyclic amines) is 1. The van der Waals surface area contributed by atoms with Crippen molar-refractivity contribution in [2.45, 2.75) is 32.4 Å². The summed E-state index contributed by atoms with van der Waals surface area (Å²) in [6, 6.07) is 3.67. The number of ether oxygens (including phenoxy) is 1. The van der Waals surface area contributed by atoms with E-state index in [9.17, 15) is 18.0 Å². The molecule has 0 aromatic heterocycles. The molecule has 0 radical (unpaired) electrons. The lowest BCUT2D eigenvalue weighted by Gasteiger charge is -2.38. The molecule has 1 aromatic rings. The van der Waals surface area contributed by atoms with Crippen LogP contribution in [0.4, 0.5) is 18.9 Å². The number of ketones is 1. The molecule has 0 amide bonds. The third-order valence-corrected chi connectivity index (χ3v) is 6.23. The van der Waals surface area contributed by atoms with Gasteiger partial charge >= 0.3 is 6.18 Å². The molecular weight excluding hydrogens is 466 g/mol. The number of Topliss-reactive ketones (excluding diaryl/α,β-unsaturated/α-hetero) is 1. The van der Waals surface area contributed by atoms with Gasteiger partial charge in [-0.05, 0) is 69.9 Å². The van der Waals surface area contributed by atoms with E-state index in [1.807, 2.05) is 4.90 Å². The lowest BCUT2D eigenvalue weighted by atomic mass is 9.93. The average Bonchev–Trinajstić information content (AvgIpc) is 2.72. The zero-order chi connectivity index (χ0) is 21.7. The van der Waals surface area contributed by atoms with E-state index in [0.29, 0.717) is 37.0 Å². The van der Waals surface area contributed by atoms with Crippen molar-refractivity contribution >= 4 is 36.3 Å². The van der Waals surface area contributed by atoms with E-state index >= 15 is 0 Å². The molecule has 0 N–H and O–H groups in total. The van der Waals surface area contributed by atoms with E-state index in [1.165, 1.54) is 19.2 Å². The maximum Gasteiger partial charge on any atom is 0.416 e. The number of benzene rings is 1. The van der Waals surface area contributed by atoms with Gasteiger partial charge in [-0.2, -0.15) is 13.2 Å². The van der Waals surface area contributed by atoms with E-state index in [1.54, 1.807) is 6.92 Å². The Hall–Kier alpha value is -1.22. The zero-order valence-electron chi connectivity index (χ0n) is 18.7. The first kappa shape index (κ1) is 28.8. The molecule has 32 heavy (non-hydrogen) atoms. The van der Waals surface area contributed by atoms with Crippen LogP contribution in [0.15, 0.2) is 18.2 Å². The highest BCUT2D eigenvalue weighted by atomic mass is 35.5. The molecule has 0 atom stereocenters. The first-order valence-electron chi connectivity index (χ1n) is 10.7. The molecule has 2 saturated heterocycles. The summed E-state index contributed by atoms with van der Waals surface area (Å²) in [5, 5.41) is 0. The highest BCUT2D eigenvalue weighted by molar-refractivity contribution is 5.85. The van der Waals surface area contributed by atoms with Gasteiger partial charge < -0.3 is 9.64 Å². The topological polar surface area (TPSA) is 36.0 Å². The summed E-state index contributed by atoms with van der Waals surface area (Å²) in [6.45, 7) is 8.26. The van der Waals surface area contributed by atoms with E-state index in [-0.39, 0.29) is 30.6 Å². The van der Waals surface area contributed by atoms with Gasteiger partial charge in [0.2, 0.25) is 0 Å². The van der Waals surface area contributed by atoms with Crippen molar-refractivity contribution in [2.24, 2.45) is 5.92 Å². The Morgan fingerprint density at radius 1 is 1.03 bits per heavy atom. The number of halogens is 5. The minimum atomic E-state index is -4.36. The second kappa shape index (κ2) is 12.9. The van der Waals surface area contributed by atoms with Crippen LogP contribution in [0.5, 0.6) is 5.75 Å². The van der Waals surface area contributed by atoms with Gasteiger partial charge in [-0.15, -0.1) is 24.8 Å². The third-order valence-electron chi connectivity index (χ3n) is 6.23. The Morgan fingerprint density at radius 3 is 2.19 bits per heavy atom. The Bertz CT molecular complexity index is 721. The molecule has 1 aromatic carbocycles. The van der Waals surface area contributed by atoms with Gasteiger partial charge in [0.05, 0.1) is 24.9 Å². The Morgan fingerprint density at radius 2 is 1.66 bits per heavy atom. The first-order valence-corrected chi connectivity index (χ1v) is 10.7. The number of piperidine rings is 1. The number of hydrogen-bond acceptors (Lipinski definition) is 5. The highest BCUT2D eigenvalue weighted by Crippen LogP contribution is 2.37. The van der Waals surface area contributed by atoms with Gasteiger partial charge in [0, 0.05) is 26.2 Å². The second-order valence-corrected chi connectivity index (χ2v) is 8.42. The van der Waals surface area contributed by atoms with Crippen molar-refractivity contribution < 1.29 is 22.7 Å². The monoisotopic (exact) mass is 499 g/mol. The van der Waals surface area contributed by atoms with Crippen LogP contribution >= 0.6 is 24.8 Å². The number of carbonyl (C=O) groups excluding carboxylic acids is 1. The molecule has 2 aliphatic rings. The van der Waals surface area contributed by atoms with Crippen molar-refractivity contribution in [3.8, 4) is 5.75 Å². The van der Waals surface area contributed by atoms with Crippen LogP contribution in [0.3, 0.4) is 0 Å². The van der Waals surface area contributed by atoms with Crippen LogP contribution in [0.2, 0.25) is 0 Å². The number of alkyl halides is 3. The van der Waals surface area contributed by atoms with Crippen molar-refractivity contribution in [1.29, 1.82) is 0 Å². The lowest BCUT2D eigenvalue weighted by molar-refractivity contribution is -0.137. The fourth-order valence-corrected chi connectivity index (χ4v) is 4.44. The highest BCUT2D eigenvalue weighted by Gasteiger charge is 2.32. The van der Waals surface area contributed by atoms with E-state index in [4.69, 9.17) is 4.74 Å². The maximum absolute atomic E-state index is 13.1. The van der Waals surface area contributed by atoms with Crippen LogP contribution < -0.4 is 9.64 Å². The molecule has 0 bridgehead atoms. The summed E-state index contributed by atoms with van der Waals surface area (Å²) in [6.07, 6.45) is -0.951. The summed E-state index contributed by atoms with van der Waals surface area (Å²) < 4.78 is 44.6. The van der Waals surface area contributed by atoms with Crippen LogP contribution in [0.1, 0.15) is 31.7 Å². The molecule has 2 aliphatic heterocycles. The largest absolute Gasteiger partial charge is 0.495 e. The third kappa shape index (κ3) is 7.97. The van der Waals surface area contributed by atoms with Gasteiger partial charge in [-0.25, -0.2) is 0 Å². The molecule has 0 aliphatic carbocycles. The summed E-state index contributed by atoms with van der Waals surface area (Å²) in [5.74, 6) is 1.40. The van der Waals surface area contributed by atoms with Crippen LogP contribution in [0, 0.1) is 5.92 Å². The van der Waals surface area contributed by atoms with Crippen molar-refractivity contribution in [1.82, 2.24) is 9.80 Å². The van der Waals surface area contributed by atoms with Gasteiger partial charge in [0.25, 0.3) is 0 Å². The number of piperazine rings is 1. The molecule has 2 heterocycles. The van der Waals surface area contributed by atoms with E-state index in [2.05, 4.69) is 9.80 Å². The normalized spacial score (nSPS) is 18.6. The van der Waals surface area contributed by atoms with Gasteiger partial charge in [-0.1, -0.05) is 0 Å². The molecular formula is C22H34Cl2F3N3O2. The van der Waals surface area contributed by atoms with Gasteiger partial charge in [-0.3, -0.25) is 14.6 Å². The Labute approximate surface area is 201 Å². The Kier molecular flexibility index (Phi) is 11.6. The number of methoxy groups -OCH3 is 1. The SMILES string of the molecule is COc1ccc(C(F)(F)F)cc1N1CCN(CCC2CCN(CC(C)=O)CC2)CC1.Cl.Cl. The summed E-state index contributed by atoms with van der Waals surface area (Å²) in [7, 11) is 1.49. The lowest BCUT2D eigenvalue weighted by Crippen LogP contribution is -2.47. The molecule has 184 valence electrons. The number of nitrogens with zero attached hydrogens (tertiary/aromatic N) is 3. The number of rotatable bonds is 7. The van der Waals surface area contributed by atoms with Crippen LogP contribution in [-0.2, 0) is 11.0 Å². The predicted octanol–water partition coefficient (Wildman–Crippen LogP) is 4.37. The van der Waals surface area contributed by atoms with E-state index < -0.39 is 11.7 Å². The van der Waals surface area contributed by atoms with Crippen LogP contribution in [-0.4, -0.2) is 75.1 Å². The summed E-state index contributed by atoms with van der Waals surface area (Å²) in [5.41, 5.74) is -0.123. The van der Waals surface area contributed by atoms with Gasteiger partial charge in [0.15, 0.2) is 0 Å². The van der Waals surface area contributed by atoms with Crippen molar-refractivity contribution in [2.75, 3.05) is 64.4 Å². The average molecular weight is 500 g/mol. The minimum absolute atomic E-state index is 0. The quantitative estimate of drug-likeness (QED) is 0.556. The second-order valence-electron chi connectivity index (χ2n) is 8.42. The standard InChI is InChI=1S/C22H32F3N3O2.2ClH/c1-17(29)16-27-9-6-18(7-10-27)5-8-26-11-13-28(14-12-26)20-15-19(22(23,24)25)3-4-21(20)30-2;;/h3-4,15,18H,5-14,16H2,1-2H3;2*1H. The molecule has 0 unspecified atom stereocenters. The van der Waals surface area contributed by atoms with Crippen LogP contribution in [0.25, 0.3) is 0 Å². The van der Waals surface area contributed by atoms with E-state index in [0.717, 1.165) is 58.1 Å². The number of anilines is 1. The maximum atomic E-state index is 13.1. The molecule has 0 saturated carbocycles. The molecule has 0 spiro atoms. The fraction of sp³-hybridized carbons (Fsp3) is 0.682. The van der Waals surface area contributed by atoms with Gasteiger partial charge in [0.1, 0.15) is 11.5 Å². The molecule has 5 nitrogen and oxygen atoms in total. The summed E-state index contributed by atoms with van der Waals surface area (Å²) in [4.78, 5) is 17.9. The minimum Gasteiger partial charge on any atom is -0.495 e. The summed E-state index contributed by atoms with van der Waals surface area (Å²) >= 11 is 0. The van der Waals surface area contributed by atoms with Crippen molar-refractivity contribution in [3.63, 3.8) is 0 Å². The Balaban J connectivity index is 0.00000256. The van der Waals surface area contributed by atoms with Crippen molar-refractivity contribution in [3.05, 3.63) is 23.8 Å². The number of carbonyl (C=O) groups is 1. The molecule has 2 fully saturated rings.